The molecule has 3 heterocycles. The summed E-state index contributed by atoms with van der Waals surface area (Å²) in [4.78, 5) is 15.5. The topological polar surface area (TPSA) is 63.2 Å². The van der Waals surface area contributed by atoms with Crippen molar-refractivity contribution in [2.24, 2.45) is 5.92 Å². The van der Waals surface area contributed by atoms with Crippen LogP contribution in [0.3, 0.4) is 0 Å². The number of hydrogen-bond donors (Lipinski definition) is 1. The van der Waals surface area contributed by atoms with Crippen LogP contribution >= 0.6 is 0 Å². The molecule has 0 saturated carbocycles. The van der Waals surface area contributed by atoms with Crippen LogP contribution in [0, 0.1) is 19.8 Å². The lowest BCUT2D eigenvalue weighted by Gasteiger charge is -2.20. The number of fused-ring (bicyclic) bond motifs is 1. The van der Waals surface area contributed by atoms with Gasteiger partial charge >= 0.3 is 0 Å². The van der Waals surface area contributed by atoms with Gasteiger partial charge in [-0.2, -0.15) is 0 Å². The Morgan fingerprint density at radius 1 is 1.36 bits per heavy atom. The molecule has 0 unspecified atom stereocenters. The summed E-state index contributed by atoms with van der Waals surface area (Å²) in [6.45, 7) is 8.53. The minimum Gasteiger partial charge on any atom is -0.380 e. The molecule has 2 aromatic rings. The van der Waals surface area contributed by atoms with Crippen molar-refractivity contribution in [2.45, 2.75) is 13.8 Å². The molecular formula is C16H23N5O. The maximum atomic E-state index is 5.67. The van der Waals surface area contributed by atoms with E-state index in [-0.39, 0.29) is 0 Å². The summed E-state index contributed by atoms with van der Waals surface area (Å²) in [5, 5.41) is 4.48. The Labute approximate surface area is 130 Å². The van der Waals surface area contributed by atoms with E-state index in [2.05, 4.69) is 45.2 Å². The van der Waals surface area contributed by atoms with Crippen LogP contribution in [0.4, 0.5) is 5.82 Å². The molecule has 1 atom stereocenters. The van der Waals surface area contributed by atoms with Gasteiger partial charge in [-0.15, -0.1) is 0 Å². The molecule has 6 nitrogen and oxygen atoms in total. The minimum absolute atomic E-state index is 0.455. The van der Waals surface area contributed by atoms with Crippen LogP contribution < -0.4 is 5.32 Å². The Morgan fingerprint density at radius 2 is 2.23 bits per heavy atom. The lowest BCUT2D eigenvalue weighted by Crippen LogP contribution is -2.30. The number of nitrogens with one attached hydrogen (secondary N) is 1. The van der Waals surface area contributed by atoms with Gasteiger partial charge in [0.25, 0.3) is 0 Å². The van der Waals surface area contributed by atoms with Gasteiger partial charge in [-0.05, 0) is 32.5 Å². The number of aryl methyl sites for hydroxylation is 2. The quantitative estimate of drug-likeness (QED) is 0.930. The highest BCUT2D eigenvalue weighted by atomic mass is 16.5. The van der Waals surface area contributed by atoms with E-state index >= 15 is 0 Å². The average Bonchev–Trinajstić information content (AvgIpc) is 2.68. The predicted molar refractivity (Wildman–Crippen MR) is 87.1 cm³/mol. The fourth-order valence-corrected chi connectivity index (χ4v) is 2.96. The van der Waals surface area contributed by atoms with Crippen molar-refractivity contribution in [2.75, 3.05) is 45.2 Å². The second-order valence-electron chi connectivity index (χ2n) is 6.09. The first-order valence-corrected chi connectivity index (χ1v) is 7.72. The molecule has 1 aliphatic rings. The van der Waals surface area contributed by atoms with E-state index < -0.39 is 0 Å². The maximum Gasteiger partial charge on any atom is 0.165 e. The summed E-state index contributed by atoms with van der Waals surface area (Å²) < 4.78 is 5.67. The molecule has 0 aliphatic carbocycles. The van der Waals surface area contributed by atoms with Gasteiger partial charge in [-0.1, -0.05) is 0 Å². The van der Waals surface area contributed by atoms with E-state index in [1.165, 1.54) is 0 Å². The summed E-state index contributed by atoms with van der Waals surface area (Å²) in [6, 6.07) is 2.07. The van der Waals surface area contributed by atoms with E-state index in [1.54, 1.807) is 6.33 Å². The van der Waals surface area contributed by atoms with Crippen molar-refractivity contribution in [3.8, 4) is 0 Å². The smallest absolute Gasteiger partial charge is 0.165 e. The highest BCUT2D eigenvalue weighted by Crippen LogP contribution is 2.22. The van der Waals surface area contributed by atoms with Crippen LogP contribution in [-0.4, -0.2) is 59.7 Å². The molecule has 0 amide bonds. The minimum atomic E-state index is 0.455. The molecular weight excluding hydrogens is 278 g/mol. The van der Waals surface area contributed by atoms with E-state index in [4.69, 9.17) is 4.74 Å². The third-order valence-electron chi connectivity index (χ3n) is 4.03. The standard InChI is InChI=1S/C16H23N5O/c1-11-6-12(2)20-16-14(11)15(18-10-19-16)17-7-13-8-21(3)4-5-22-9-13/h6,10,13H,4-5,7-9H2,1-3H3,(H,17,18,19,20)/t13-/m1/s1. The number of pyridine rings is 1. The van der Waals surface area contributed by atoms with Crippen LogP contribution in [0.25, 0.3) is 11.0 Å². The zero-order valence-corrected chi connectivity index (χ0v) is 13.5. The van der Waals surface area contributed by atoms with Gasteiger partial charge in [0, 0.05) is 31.2 Å². The zero-order valence-electron chi connectivity index (χ0n) is 13.5. The molecule has 1 N–H and O–H groups in total. The molecule has 0 bridgehead atoms. The van der Waals surface area contributed by atoms with Gasteiger partial charge in [0.15, 0.2) is 5.65 Å². The average molecular weight is 301 g/mol. The lowest BCUT2D eigenvalue weighted by molar-refractivity contribution is 0.125. The molecule has 0 aromatic carbocycles. The summed E-state index contributed by atoms with van der Waals surface area (Å²) in [5.74, 6) is 1.32. The summed E-state index contributed by atoms with van der Waals surface area (Å²) in [6.07, 6.45) is 1.58. The van der Waals surface area contributed by atoms with Gasteiger partial charge in [0.2, 0.25) is 0 Å². The van der Waals surface area contributed by atoms with Crippen LogP contribution in [-0.2, 0) is 4.74 Å². The number of rotatable bonds is 3. The van der Waals surface area contributed by atoms with Crippen LogP contribution in [0.15, 0.2) is 12.4 Å². The second kappa shape index (κ2) is 6.54. The van der Waals surface area contributed by atoms with Crippen molar-refractivity contribution >= 4 is 16.9 Å². The largest absolute Gasteiger partial charge is 0.380 e. The summed E-state index contributed by atoms with van der Waals surface area (Å²) in [5.41, 5.74) is 2.89. The second-order valence-corrected chi connectivity index (χ2v) is 6.09. The van der Waals surface area contributed by atoms with Crippen molar-refractivity contribution in [1.82, 2.24) is 19.9 Å². The molecule has 22 heavy (non-hydrogen) atoms. The number of ether oxygens (including phenoxy) is 1. The number of nitrogens with zero attached hydrogens (tertiary/aromatic N) is 4. The van der Waals surface area contributed by atoms with Crippen molar-refractivity contribution in [1.29, 1.82) is 0 Å². The Kier molecular flexibility index (Phi) is 4.49. The Balaban J connectivity index is 1.79. The molecule has 0 radical (unpaired) electrons. The number of hydrogen-bond acceptors (Lipinski definition) is 6. The van der Waals surface area contributed by atoms with Crippen molar-refractivity contribution < 1.29 is 4.74 Å². The molecule has 0 spiro atoms. The third-order valence-corrected chi connectivity index (χ3v) is 4.03. The SMILES string of the molecule is Cc1cc(C)c2c(NC[C@H]3COCCN(C)C3)ncnc2n1. The zero-order chi connectivity index (χ0) is 15.5. The molecule has 1 aliphatic heterocycles. The predicted octanol–water partition coefficient (Wildman–Crippen LogP) is 1.63. The van der Waals surface area contributed by atoms with Crippen LogP contribution in [0.5, 0.6) is 0 Å². The number of aromatic nitrogens is 3. The first kappa shape index (κ1) is 15.1. The van der Waals surface area contributed by atoms with Gasteiger partial charge in [-0.25, -0.2) is 15.0 Å². The number of anilines is 1. The van der Waals surface area contributed by atoms with Gasteiger partial charge < -0.3 is 15.0 Å². The van der Waals surface area contributed by atoms with Gasteiger partial charge in [0.05, 0.1) is 18.6 Å². The lowest BCUT2D eigenvalue weighted by atomic mass is 10.1. The third kappa shape index (κ3) is 3.34. The highest BCUT2D eigenvalue weighted by Gasteiger charge is 2.17. The highest BCUT2D eigenvalue weighted by molar-refractivity contribution is 5.89. The molecule has 1 fully saturated rings. The Bertz CT molecular complexity index is 660. The van der Waals surface area contributed by atoms with E-state index in [0.717, 1.165) is 61.0 Å². The molecule has 2 aromatic heterocycles. The molecule has 3 rings (SSSR count). The van der Waals surface area contributed by atoms with Crippen molar-refractivity contribution in [3.63, 3.8) is 0 Å². The van der Waals surface area contributed by atoms with E-state index in [0.29, 0.717) is 5.92 Å². The first-order chi connectivity index (χ1) is 10.6. The molecule has 1 saturated heterocycles. The maximum absolute atomic E-state index is 5.67. The summed E-state index contributed by atoms with van der Waals surface area (Å²) in [7, 11) is 2.14. The van der Waals surface area contributed by atoms with Gasteiger partial charge in [-0.3, -0.25) is 0 Å². The first-order valence-electron chi connectivity index (χ1n) is 7.72. The molecule has 6 heteroatoms. The fourth-order valence-electron chi connectivity index (χ4n) is 2.96. The summed E-state index contributed by atoms with van der Waals surface area (Å²) >= 11 is 0. The normalized spacial score (nSPS) is 20.0. The van der Waals surface area contributed by atoms with Crippen LogP contribution in [0.1, 0.15) is 11.3 Å². The van der Waals surface area contributed by atoms with E-state index in [1.807, 2.05) is 6.92 Å². The van der Waals surface area contributed by atoms with Gasteiger partial charge in [0.1, 0.15) is 12.1 Å². The Morgan fingerprint density at radius 3 is 3.09 bits per heavy atom. The van der Waals surface area contributed by atoms with E-state index in [9.17, 15) is 0 Å². The van der Waals surface area contributed by atoms with Crippen LogP contribution in [0.2, 0.25) is 0 Å². The number of likely N-dealkylation sites (N-methyl/N-ethyl adjacent to an activating group) is 1. The monoisotopic (exact) mass is 301 g/mol. The fraction of sp³-hybridized carbons (Fsp3) is 0.562. The molecule has 118 valence electrons. The van der Waals surface area contributed by atoms with Crippen molar-refractivity contribution in [3.05, 3.63) is 23.7 Å². The Hall–Kier alpha value is -1.79.